The van der Waals surface area contributed by atoms with E-state index >= 15 is 0 Å². The number of nitrogens with one attached hydrogen (secondary N) is 2. The quantitative estimate of drug-likeness (QED) is 0.901. The normalized spacial score (nSPS) is 14.2. The molecule has 5 nitrogen and oxygen atoms in total. The first kappa shape index (κ1) is 12.0. The van der Waals surface area contributed by atoms with E-state index in [4.69, 9.17) is 11.6 Å². The lowest BCUT2D eigenvalue weighted by Crippen LogP contribution is -2.14. The van der Waals surface area contributed by atoms with Crippen LogP contribution in [0, 0.1) is 0 Å². The van der Waals surface area contributed by atoms with Gasteiger partial charge in [0.25, 0.3) is 5.91 Å². The highest BCUT2D eigenvalue weighted by molar-refractivity contribution is 6.31. The maximum Gasteiger partial charge on any atom is 0.277 e. The fourth-order valence-corrected chi connectivity index (χ4v) is 1.88. The van der Waals surface area contributed by atoms with Gasteiger partial charge in [-0.2, -0.15) is 0 Å². The molecule has 1 saturated carbocycles. The maximum atomic E-state index is 11.9. The van der Waals surface area contributed by atoms with Gasteiger partial charge in [0.05, 0.1) is 11.4 Å². The predicted octanol–water partition coefficient (Wildman–Crippen LogP) is 3.15. The molecule has 19 heavy (non-hydrogen) atoms. The predicted molar refractivity (Wildman–Crippen MR) is 72.6 cm³/mol. The van der Waals surface area contributed by atoms with Gasteiger partial charge >= 0.3 is 0 Å². The van der Waals surface area contributed by atoms with Crippen LogP contribution in [0.2, 0.25) is 5.02 Å². The minimum absolute atomic E-state index is 0.234. The molecule has 0 bridgehead atoms. The summed E-state index contributed by atoms with van der Waals surface area (Å²) in [7, 11) is 0. The third kappa shape index (κ3) is 2.88. The molecule has 1 fully saturated rings. The van der Waals surface area contributed by atoms with Gasteiger partial charge in [-0.3, -0.25) is 4.79 Å². The van der Waals surface area contributed by atoms with Crippen molar-refractivity contribution in [2.75, 3.05) is 10.6 Å². The monoisotopic (exact) mass is 277 g/mol. The number of aromatic nitrogens is 1. The Balaban J connectivity index is 1.81. The molecule has 6 heteroatoms. The molecule has 1 aliphatic carbocycles. The van der Waals surface area contributed by atoms with E-state index in [0.717, 1.165) is 18.5 Å². The van der Waals surface area contributed by atoms with Gasteiger partial charge in [-0.25, -0.2) is 0 Å². The Bertz CT molecular complexity index is 594. The van der Waals surface area contributed by atoms with Gasteiger partial charge < -0.3 is 15.2 Å². The van der Waals surface area contributed by atoms with Crippen LogP contribution in [0.15, 0.2) is 35.1 Å². The summed E-state index contributed by atoms with van der Waals surface area (Å²) in [5.41, 5.74) is 1.74. The molecule has 0 saturated heterocycles. The van der Waals surface area contributed by atoms with Gasteiger partial charge in [0.15, 0.2) is 5.69 Å². The van der Waals surface area contributed by atoms with Crippen molar-refractivity contribution >= 4 is 28.9 Å². The van der Waals surface area contributed by atoms with E-state index in [0.29, 0.717) is 16.8 Å². The molecule has 1 aromatic heterocycles. The molecule has 1 amide bonds. The number of carbonyl (C=O) groups excluding carboxylic acids is 1. The summed E-state index contributed by atoms with van der Waals surface area (Å²) < 4.78 is 4.65. The van der Waals surface area contributed by atoms with E-state index in [2.05, 4.69) is 20.3 Å². The van der Waals surface area contributed by atoms with Crippen molar-refractivity contribution in [3.05, 3.63) is 41.2 Å². The van der Waals surface area contributed by atoms with Crippen molar-refractivity contribution in [2.45, 2.75) is 18.9 Å². The Morgan fingerprint density at radius 2 is 2.16 bits per heavy atom. The Morgan fingerprint density at radius 1 is 1.32 bits per heavy atom. The number of amides is 1. The minimum Gasteiger partial charge on any atom is -0.381 e. The zero-order chi connectivity index (χ0) is 13.2. The van der Waals surface area contributed by atoms with Crippen molar-refractivity contribution in [2.24, 2.45) is 0 Å². The molecule has 98 valence electrons. The molecule has 0 atom stereocenters. The lowest BCUT2D eigenvalue weighted by atomic mass is 10.2. The average Bonchev–Trinajstić information content (AvgIpc) is 3.03. The lowest BCUT2D eigenvalue weighted by molar-refractivity contribution is 0.101. The highest BCUT2D eigenvalue weighted by Gasteiger charge is 2.22. The molecule has 0 unspecified atom stereocenters. The van der Waals surface area contributed by atoms with Crippen LogP contribution in [0.5, 0.6) is 0 Å². The van der Waals surface area contributed by atoms with Gasteiger partial charge in [-0.05, 0) is 31.0 Å². The van der Waals surface area contributed by atoms with Gasteiger partial charge in [-0.1, -0.05) is 16.8 Å². The lowest BCUT2D eigenvalue weighted by Gasteiger charge is -2.12. The first-order valence-electron chi connectivity index (χ1n) is 6.00. The molecular weight excluding hydrogens is 266 g/mol. The third-order valence-electron chi connectivity index (χ3n) is 2.84. The Hall–Kier alpha value is -2.01. The summed E-state index contributed by atoms with van der Waals surface area (Å²) in [6.07, 6.45) is 3.66. The standard InChI is InChI=1S/C13H12ClN3O2/c14-8-1-4-10(15-9-2-3-9)12(7-8)16-13(18)11-5-6-19-17-11/h1,4-7,9,15H,2-3H2,(H,16,18). The minimum atomic E-state index is -0.324. The summed E-state index contributed by atoms with van der Waals surface area (Å²) in [4.78, 5) is 11.9. The van der Waals surface area contributed by atoms with Crippen molar-refractivity contribution < 1.29 is 9.32 Å². The summed E-state index contributed by atoms with van der Waals surface area (Å²) in [5, 5.41) is 10.3. The number of anilines is 2. The highest BCUT2D eigenvalue weighted by Crippen LogP contribution is 2.31. The van der Waals surface area contributed by atoms with E-state index < -0.39 is 0 Å². The molecule has 0 spiro atoms. The van der Waals surface area contributed by atoms with Crippen molar-refractivity contribution in [3.8, 4) is 0 Å². The average molecular weight is 278 g/mol. The number of carbonyl (C=O) groups is 1. The van der Waals surface area contributed by atoms with Crippen molar-refractivity contribution in [1.29, 1.82) is 0 Å². The zero-order valence-corrected chi connectivity index (χ0v) is 10.8. The molecule has 0 radical (unpaired) electrons. The van der Waals surface area contributed by atoms with Gasteiger partial charge in [0.1, 0.15) is 6.26 Å². The number of halogens is 1. The maximum absolute atomic E-state index is 11.9. The summed E-state index contributed by atoms with van der Waals surface area (Å²) >= 11 is 5.96. The van der Waals surface area contributed by atoms with E-state index in [1.54, 1.807) is 12.1 Å². The summed E-state index contributed by atoms with van der Waals surface area (Å²) in [6, 6.07) is 7.36. The van der Waals surface area contributed by atoms with E-state index in [-0.39, 0.29) is 11.6 Å². The topological polar surface area (TPSA) is 67.2 Å². The Kier molecular flexibility index (Phi) is 3.13. The molecule has 2 aromatic rings. The fraction of sp³-hybridized carbons (Fsp3) is 0.231. The Labute approximate surface area is 114 Å². The van der Waals surface area contributed by atoms with Crippen LogP contribution < -0.4 is 10.6 Å². The van der Waals surface area contributed by atoms with Gasteiger partial charge in [-0.15, -0.1) is 0 Å². The third-order valence-corrected chi connectivity index (χ3v) is 3.07. The first-order valence-corrected chi connectivity index (χ1v) is 6.38. The van der Waals surface area contributed by atoms with Crippen molar-refractivity contribution in [3.63, 3.8) is 0 Å². The van der Waals surface area contributed by atoms with E-state index in [9.17, 15) is 4.79 Å². The molecule has 1 aromatic carbocycles. The second-order valence-electron chi connectivity index (χ2n) is 4.45. The number of hydrogen-bond acceptors (Lipinski definition) is 4. The van der Waals surface area contributed by atoms with Crippen LogP contribution in [0.1, 0.15) is 23.3 Å². The molecule has 2 N–H and O–H groups in total. The van der Waals surface area contributed by atoms with Crippen LogP contribution in [0.25, 0.3) is 0 Å². The second kappa shape index (κ2) is 4.93. The van der Waals surface area contributed by atoms with E-state index in [1.165, 1.54) is 12.3 Å². The first-order chi connectivity index (χ1) is 9.22. The number of nitrogens with zero attached hydrogens (tertiary/aromatic N) is 1. The van der Waals surface area contributed by atoms with E-state index in [1.807, 2.05) is 6.07 Å². The van der Waals surface area contributed by atoms with Crippen LogP contribution in [0.3, 0.4) is 0 Å². The molecule has 0 aliphatic heterocycles. The largest absolute Gasteiger partial charge is 0.381 e. The highest BCUT2D eigenvalue weighted by atomic mass is 35.5. The van der Waals surface area contributed by atoms with Crippen LogP contribution in [-0.4, -0.2) is 17.1 Å². The Morgan fingerprint density at radius 3 is 2.84 bits per heavy atom. The number of hydrogen-bond donors (Lipinski definition) is 2. The van der Waals surface area contributed by atoms with Crippen LogP contribution in [-0.2, 0) is 0 Å². The number of rotatable bonds is 4. The molecular formula is C13H12ClN3O2. The summed E-state index contributed by atoms with van der Waals surface area (Å²) in [6.45, 7) is 0. The smallest absolute Gasteiger partial charge is 0.277 e. The van der Waals surface area contributed by atoms with Gasteiger partial charge in [0, 0.05) is 17.1 Å². The second-order valence-corrected chi connectivity index (χ2v) is 4.88. The summed E-state index contributed by atoms with van der Waals surface area (Å²) in [5.74, 6) is -0.324. The van der Waals surface area contributed by atoms with Crippen molar-refractivity contribution in [1.82, 2.24) is 5.16 Å². The SMILES string of the molecule is O=C(Nc1cc(Cl)ccc1NC1CC1)c1ccon1. The molecule has 1 aliphatic rings. The molecule has 1 heterocycles. The van der Waals surface area contributed by atoms with Crippen LogP contribution in [0.4, 0.5) is 11.4 Å². The fourth-order valence-electron chi connectivity index (χ4n) is 1.71. The number of benzene rings is 1. The van der Waals surface area contributed by atoms with Gasteiger partial charge in [0.2, 0.25) is 0 Å². The zero-order valence-electron chi connectivity index (χ0n) is 10.0. The van der Waals surface area contributed by atoms with Crippen LogP contribution >= 0.6 is 11.6 Å². The molecule has 3 rings (SSSR count).